The van der Waals surface area contributed by atoms with Crippen LogP contribution in [0.25, 0.3) is 0 Å². The molecule has 0 saturated carbocycles. The summed E-state index contributed by atoms with van der Waals surface area (Å²) in [5, 5.41) is 0. The maximum Gasteiger partial charge on any atom is 0.311 e. The molecule has 0 unspecified atom stereocenters. The number of carbonyl (C=O) groups is 1. The van der Waals surface area contributed by atoms with Crippen molar-refractivity contribution in [1.82, 2.24) is 4.98 Å². The molecule has 4 nitrogen and oxygen atoms in total. The first kappa shape index (κ1) is 15.4. The summed E-state index contributed by atoms with van der Waals surface area (Å²) in [5.74, 6) is -0.303. The molecular weight excluding hydrogens is 341 g/mol. The number of nitrogens with zero attached hydrogens (tertiary/aromatic N) is 1. The molecule has 0 bridgehead atoms. The van der Waals surface area contributed by atoms with Gasteiger partial charge in [-0.1, -0.05) is 6.07 Å². The van der Waals surface area contributed by atoms with Crippen LogP contribution in [0.5, 0.6) is 11.5 Å². The zero-order valence-corrected chi connectivity index (χ0v) is 12.9. The number of halogens is 2. The molecule has 21 heavy (non-hydrogen) atoms. The zero-order chi connectivity index (χ0) is 15.2. The highest BCUT2D eigenvalue weighted by molar-refractivity contribution is 9.10. The van der Waals surface area contributed by atoms with Crippen molar-refractivity contribution in [2.45, 2.75) is 12.8 Å². The third-order valence-electron chi connectivity index (χ3n) is 2.78. The van der Waals surface area contributed by atoms with Crippen molar-refractivity contribution in [3.05, 3.63) is 52.5 Å². The molecule has 2 rings (SSSR count). The highest BCUT2D eigenvalue weighted by Crippen LogP contribution is 2.22. The molecule has 6 heteroatoms. The second kappa shape index (κ2) is 7.17. The summed E-state index contributed by atoms with van der Waals surface area (Å²) in [5.41, 5.74) is 0.704. The number of benzene rings is 1. The highest BCUT2D eigenvalue weighted by Gasteiger charge is 2.10. The first-order valence-corrected chi connectivity index (χ1v) is 7.03. The third-order valence-corrected chi connectivity index (χ3v) is 3.38. The van der Waals surface area contributed by atoms with Gasteiger partial charge in [0.05, 0.1) is 7.11 Å². The number of esters is 1. The third kappa shape index (κ3) is 4.26. The number of aromatic nitrogens is 1. The fourth-order valence-corrected chi connectivity index (χ4v) is 2.06. The zero-order valence-electron chi connectivity index (χ0n) is 11.3. The maximum atomic E-state index is 13.5. The van der Waals surface area contributed by atoms with Gasteiger partial charge in [-0.2, -0.15) is 0 Å². The molecule has 0 N–H and O–H groups in total. The molecular formula is C15H13BrFNO3. The van der Waals surface area contributed by atoms with E-state index in [0.29, 0.717) is 22.3 Å². The number of hydrogen-bond acceptors (Lipinski definition) is 4. The van der Waals surface area contributed by atoms with Crippen LogP contribution in [0.1, 0.15) is 12.0 Å². The Morgan fingerprint density at radius 1 is 1.33 bits per heavy atom. The summed E-state index contributed by atoms with van der Waals surface area (Å²) in [6.45, 7) is 0. The van der Waals surface area contributed by atoms with E-state index in [9.17, 15) is 9.18 Å². The van der Waals surface area contributed by atoms with Gasteiger partial charge in [-0.3, -0.25) is 4.79 Å². The minimum atomic E-state index is -0.446. The van der Waals surface area contributed by atoms with E-state index in [4.69, 9.17) is 9.47 Å². The molecule has 0 atom stereocenters. The molecule has 110 valence electrons. The molecule has 0 amide bonds. The first-order chi connectivity index (χ1) is 10.1. The molecule has 1 heterocycles. The Kier molecular flexibility index (Phi) is 5.27. The average Bonchev–Trinajstić information content (AvgIpc) is 2.48. The summed E-state index contributed by atoms with van der Waals surface area (Å²) >= 11 is 3.19. The van der Waals surface area contributed by atoms with Gasteiger partial charge in [0.2, 0.25) is 0 Å². The van der Waals surface area contributed by atoms with Crippen LogP contribution in [0.2, 0.25) is 0 Å². The van der Waals surface area contributed by atoms with Gasteiger partial charge in [-0.15, -0.1) is 0 Å². The highest BCUT2D eigenvalue weighted by atomic mass is 79.9. The average molecular weight is 354 g/mol. The van der Waals surface area contributed by atoms with Gasteiger partial charge < -0.3 is 9.47 Å². The predicted octanol–water partition coefficient (Wildman–Crippen LogP) is 3.53. The summed E-state index contributed by atoms with van der Waals surface area (Å²) in [4.78, 5) is 15.7. The van der Waals surface area contributed by atoms with E-state index in [1.54, 1.807) is 24.4 Å². The van der Waals surface area contributed by atoms with Crippen LogP contribution in [0.3, 0.4) is 0 Å². The molecule has 0 aliphatic heterocycles. The maximum absolute atomic E-state index is 13.5. The van der Waals surface area contributed by atoms with E-state index in [2.05, 4.69) is 20.9 Å². The minimum absolute atomic E-state index is 0.146. The van der Waals surface area contributed by atoms with E-state index in [1.165, 1.54) is 19.2 Å². The molecule has 0 aliphatic rings. The van der Waals surface area contributed by atoms with E-state index in [0.717, 1.165) is 0 Å². The summed E-state index contributed by atoms with van der Waals surface area (Å²) in [6.07, 6.45) is 2.12. The van der Waals surface area contributed by atoms with E-state index in [1.807, 2.05) is 0 Å². The second-order valence-electron chi connectivity index (χ2n) is 4.24. The molecule has 0 spiro atoms. The van der Waals surface area contributed by atoms with Crippen molar-refractivity contribution in [3.63, 3.8) is 0 Å². The normalized spacial score (nSPS) is 10.2. The van der Waals surface area contributed by atoms with Crippen molar-refractivity contribution in [3.8, 4) is 11.5 Å². The van der Waals surface area contributed by atoms with Crippen LogP contribution in [-0.4, -0.2) is 18.1 Å². The number of ether oxygens (including phenoxy) is 2. The van der Waals surface area contributed by atoms with Crippen molar-refractivity contribution >= 4 is 21.9 Å². The van der Waals surface area contributed by atoms with Gasteiger partial charge in [-0.25, -0.2) is 9.37 Å². The fraction of sp³-hybridized carbons (Fsp3) is 0.200. The summed E-state index contributed by atoms with van der Waals surface area (Å²) in [7, 11) is 1.40. The van der Waals surface area contributed by atoms with E-state index in [-0.39, 0.29) is 12.2 Å². The largest absolute Gasteiger partial charge is 0.494 e. The van der Waals surface area contributed by atoms with Gasteiger partial charge in [0.1, 0.15) is 4.60 Å². The number of hydrogen-bond donors (Lipinski definition) is 0. The minimum Gasteiger partial charge on any atom is -0.494 e. The topological polar surface area (TPSA) is 48.4 Å². The Morgan fingerprint density at radius 2 is 2.14 bits per heavy atom. The lowest BCUT2D eigenvalue weighted by atomic mass is 10.1. The smallest absolute Gasteiger partial charge is 0.311 e. The van der Waals surface area contributed by atoms with E-state index < -0.39 is 11.8 Å². The number of methoxy groups -OCH3 is 1. The van der Waals surface area contributed by atoms with Crippen molar-refractivity contribution in [2.75, 3.05) is 7.11 Å². The van der Waals surface area contributed by atoms with Crippen LogP contribution in [0.4, 0.5) is 4.39 Å². The monoisotopic (exact) mass is 353 g/mol. The molecule has 1 aromatic heterocycles. The van der Waals surface area contributed by atoms with Gasteiger partial charge in [0.25, 0.3) is 0 Å². The molecule has 1 aromatic carbocycles. The Bertz CT molecular complexity index is 649. The Labute approximate surface area is 130 Å². The van der Waals surface area contributed by atoms with Gasteiger partial charge >= 0.3 is 5.97 Å². The number of aryl methyl sites for hydroxylation is 1. The molecule has 0 saturated heterocycles. The van der Waals surface area contributed by atoms with Crippen LogP contribution < -0.4 is 9.47 Å². The van der Waals surface area contributed by atoms with Gasteiger partial charge in [0, 0.05) is 12.6 Å². The second-order valence-corrected chi connectivity index (χ2v) is 4.99. The first-order valence-electron chi connectivity index (χ1n) is 6.23. The van der Waals surface area contributed by atoms with Crippen LogP contribution in [0.15, 0.2) is 41.1 Å². The Balaban J connectivity index is 1.92. The SMILES string of the molecule is COc1ccc(CCC(=O)Oc2cccnc2Br)cc1F. The Morgan fingerprint density at radius 3 is 2.81 bits per heavy atom. The molecule has 0 radical (unpaired) electrons. The van der Waals surface area contributed by atoms with Gasteiger partial charge in [0.15, 0.2) is 17.3 Å². The number of pyridine rings is 1. The Hall–Kier alpha value is -1.95. The van der Waals surface area contributed by atoms with Crippen molar-refractivity contribution in [1.29, 1.82) is 0 Å². The molecule has 2 aromatic rings. The quantitative estimate of drug-likeness (QED) is 0.609. The lowest BCUT2D eigenvalue weighted by Crippen LogP contribution is -2.09. The van der Waals surface area contributed by atoms with Crippen LogP contribution in [0, 0.1) is 5.82 Å². The standard InChI is InChI=1S/C15H13BrFNO3/c1-20-12-6-4-10(9-11(12)17)5-7-14(19)21-13-3-2-8-18-15(13)16/h2-4,6,8-9H,5,7H2,1H3. The lowest BCUT2D eigenvalue weighted by molar-refractivity contribution is -0.134. The van der Waals surface area contributed by atoms with Crippen molar-refractivity contribution < 1.29 is 18.7 Å². The van der Waals surface area contributed by atoms with Crippen LogP contribution >= 0.6 is 15.9 Å². The summed E-state index contributed by atoms with van der Waals surface area (Å²) in [6, 6.07) is 7.92. The van der Waals surface area contributed by atoms with E-state index >= 15 is 0 Å². The van der Waals surface area contributed by atoms with Crippen LogP contribution in [-0.2, 0) is 11.2 Å². The van der Waals surface area contributed by atoms with Crippen molar-refractivity contribution in [2.24, 2.45) is 0 Å². The fourth-order valence-electron chi connectivity index (χ4n) is 1.73. The summed E-state index contributed by atoms with van der Waals surface area (Å²) < 4.78 is 24.0. The predicted molar refractivity (Wildman–Crippen MR) is 78.8 cm³/mol. The molecule has 0 aliphatic carbocycles. The lowest BCUT2D eigenvalue weighted by Gasteiger charge is -2.07. The number of rotatable bonds is 5. The number of carbonyl (C=O) groups excluding carboxylic acids is 1. The molecule has 0 fully saturated rings. The van der Waals surface area contributed by atoms with Gasteiger partial charge in [-0.05, 0) is 52.2 Å².